The van der Waals surface area contributed by atoms with Crippen LogP contribution >= 0.6 is 0 Å². The number of methoxy groups -OCH3 is 1. The molecule has 0 saturated heterocycles. The van der Waals surface area contributed by atoms with Gasteiger partial charge in [0.1, 0.15) is 5.75 Å². The lowest BCUT2D eigenvalue weighted by Gasteiger charge is -2.05. The molecule has 1 aromatic carbocycles. The molecule has 0 atom stereocenters. The van der Waals surface area contributed by atoms with Crippen LogP contribution in [0.2, 0.25) is 0 Å². The largest absolute Gasteiger partial charge is 0.497 e. The fourth-order valence-corrected chi connectivity index (χ4v) is 1.19. The van der Waals surface area contributed by atoms with Gasteiger partial charge in [0.15, 0.2) is 0 Å². The number of carboxylic acid groups (broad SMARTS) is 1. The quantitative estimate of drug-likeness (QED) is 0.773. The normalized spacial score (nSPS) is 9.69. The number of ether oxygens (including phenoxy) is 1. The lowest BCUT2D eigenvalue weighted by molar-refractivity contribution is 0.0695. The topological polar surface area (TPSA) is 46.5 Å². The number of hydrogen-bond acceptors (Lipinski definition) is 2. The average Bonchev–Trinajstić information content (AvgIpc) is 2.16. The van der Waals surface area contributed by atoms with E-state index >= 15 is 0 Å². The number of benzene rings is 1. The standard InChI is InChI=1S/C10H12O3/c1-3-7-4-5-8(13-2)6-9(7)10(11)12/h4-6H,3H2,1-2H3,(H,11,12). The van der Waals surface area contributed by atoms with Crippen molar-refractivity contribution < 1.29 is 14.6 Å². The molecule has 13 heavy (non-hydrogen) atoms. The average molecular weight is 180 g/mol. The van der Waals surface area contributed by atoms with Crippen molar-refractivity contribution in [2.24, 2.45) is 0 Å². The highest BCUT2D eigenvalue weighted by Crippen LogP contribution is 2.17. The third-order valence-corrected chi connectivity index (χ3v) is 1.93. The fourth-order valence-electron chi connectivity index (χ4n) is 1.19. The molecule has 0 radical (unpaired) electrons. The van der Waals surface area contributed by atoms with Crippen LogP contribution in [0.4, 0.5) is 0 Å². The highest BCUT2D eigenvalue weighted by Gasteiger charge is 2.09. The second-order valence-corrected chi connectivity index (χ2v) is 2.68. The minimum Gasteiger partial charge on any atom is -0.497 e. The van der Waals surface area contributed by atoms with E-state index in [1.807, 2.05) is 6.92 Å². The summed E-state index contributed by atoms with van der Waals surface area (Å²) in [5, 5.41) is 8.86. The molecule has 0 aliphatic carbocycles. The first kappa shape index (κ1) is 9.58. The molecular formula is C10H12O3. The number of hydrogen-bond donors (Lipinski definition) is 1. The Morgan fingerprint density at radius 1 is 1.54 bits per heavy atom. The van der Waals surface area contributed by atoms with Crippen LogP contribution in [-0.2, 0) is 6.42 Å². The molecule has 0 bridgehead atoms. The molecule has 1 rings (SSSR count). The molecule has 0 saturated carbocycles. The predicted molar refractivity (Wildman–Crippen MR) is 49.3 cm³/mol. The summed E-state index contributed by atoms with van der Waals surface area (Å²) < 4.78 is 4.94. The van der Waals surface area contributed by atoms with Crippen molar-refractivity contribution in [3.05, 3.63) is 29.3 Å². The maximum absolute atomic E-state index is 10.8. The Labute approximate surface area is 77.0 Å². The smallest absolute Gasteiger partial charge is 0.336 e. The van der Waals surface area contributed by atoms with Crippen molar-refractivity contribution in [1.82, 2.24) is 0 Å². The summed E-state index contributed by atoms with van der Waals surface area (Å²) in [5.74, 6) is -0.328. The lowest BCUT2D eigenvalue weighted by Crippen LogP contribution is -2.02. The van der Waals surface area contributed by atoms with Crippen molar-refractivity contribution in [3.63, 3.8) is 0 Å². The van der Waals surface area contributed by atoms with Gasteiger partial charge in [0.25, 0.3) is 0 Å². The lowest BCUT2D eigenvalue weighted by atomic mass is 10.1. The first-order chi connectivity index (χ1) is 6.19. The minimum atomic E-state index is -0.907. The van der Waals surface area contributed by atoms with E-state index in [1.54, 1.807) is 18.2 Å². The summed E-state index contributed by atoms with van der Waals surface area (Å²) in [4.78, 5) is 10.8. The number of aromatic carboxylic acids is 1. The Balaban J connectivity index is 3.18. The maximum Gasteiger partial charge on any atom is 0.336 e. The second-order valence-electron chi connectivity index (χ2n) is 2.68. The van der Waals surface area contributed by atoms with Gasteiger partial charge < -0.3 is 9.84 Å². The molecule has 70 valence electrons. The zero-order valence-corrected chi connectivity index (χ0v) is 7.70. The number of carboxylic acids is 1. The molecule has 3 heteroatoms. The Kier molecular flexibility index (Phi) is 2.90. The molecule has 1 aromatic rings. The number of rotatable bonds is 3. The van der Waals surface area contributed by atoms with Crippen LogP contribution in [0.25, 0.3) is 0 Å². The summed E-state index contributed by atoms with van der Waals surface area (Å²) in [6.45, 7) is 1.92. The zero-order chi connectivity index (χ0) is 9.84. The summed E-state index contributed by atoms with van der Waals surface area (Å²) in [5.41, 5.74) is 1.15. The van der Waals surface area contributed by atoms with Crippen molar-refractivity contribution in [1.29, 1.82) is 0 Å². The molecule has 0 aliphatic rings. The van der Waals surface area contributed by atoms with E-state index in [0.717, 1.165) is 5.56 Å². The van der Waals surface area contributed by atoms with E-state index in [2.05, 4.69) is 0 Å². The Bertz CT molecular complexity index is 318. The van der Waals surface area contributed by atoms with Gasteiger partial charge in [0.2, 0.25) is 0 Å². The van der Waals surface area contributed by atoms with E-state index in [-0.39, 0.29) is 0 Å². The van der Waals surface area contributed by atoms with Crippen LogP contribution in [0.15, 0.2) is 18.2 Å². The SMILES string of the molecule is CCc1ccc(OC)cc1C(=O)O. The van der Waals surface area contributed by atoms with Gasteiger partial charge in [-0.15, -0.1) is 0 Å². The van der Waals surface area contributed by atoms with E-state index in [9.17, 15) is 4.79 Å². The van der Waals surface area contributed by atoms with E-state index in [4.69, 9.17) is 9.84 Å². The molecule has 0 aliphatic heterocycles. The van der Waals surface area contributed by atoms with E-state index < -0.39 is 5.97 Å². The predicted octanol–water partition coefficient (Wildman–Crippen LogP) is 1.96. The van der Waals surface area contributed by atoms with Gasteiger partial charge in [-0.1, -0.05) is 13.0 Å². The van der Waals surface area contributed by atoms with E-state index in [0.29, 0.717) is 17.7 Å². The monoisotopic (exact) mass is 180 g/mol. The van der Waals surface area contributed by atoms with Crippen LogP contribution in [0.3, 0.4) is 0 Å². The first-order valence-corrected chi connectivity index (χ1v) is 4.09. The van der Waals surface area contributed by atoms with Crippen LogP contribution in [0.5, 0.6) is 5.75 Å². The van der Waals surface area contributed by atoms with Gasteiger partial charge in [-0.25, -0.2) is 4.79 Å². The molecule has 0 fully saturated rings. The first-order valence-electron chi connectivity index (χ1n) is 4.09. The summed E-state index contributed by atoms with van der Waals surface area (Å²) in [7, 11) is 1.52. The number of aryl methyl sites for hydroxylation is 1. The van der Waals surface area contributed by atoms with Gasteiger partial charge in [-0.3, -0.25) is 0 Å². The molecule has 0 amide bonds. The second kappa shape index (κ2) is 3.94. The molecule has 1 N–H and O–H groups in total. The summed E-state index contributed by atoms with van der Waals surface area (Å²) in [6, 6.07) is 5.09. The third-order valence-electron chi connectivity index (χ3n) is 1.93. The van der Waals surface area contributed by atoms with Gasteiger partial charge >= 0.3 is 5.97 Å². The van der Waals surface area contributed by atoms with Gasteiger partial charge in [0, 0.05) is 0 Å². The Hall–Kier alpha value is -1.51. The fraction of sp³-hybridized carbons (Fsp3) is 0.300. The van der Waals surface area contributed by atoms with Crippen LogP contribution in [-0.4, -0.2) is 18.2 Å². The molecule has 0 spiro atoms. The third kappa shape index (κ3) is 1.99. The molecule has 3 nitrogen and oxygen atoms in total. The molecule has 0 unspecified atom stereocenters. The zero-order valence-electron chi connectivity index (χ0n) is 7.70. The van der Waals surface area contributed by atoms with Gasteiger partial charge in [-0.05, 0) is 24.1 Å². The maximum atomic E-state index is 10.8. The van der Waals surface area contributed by atoms with Gasteiger partial charge in [-0.2, -0.15) is 0 Å². The van der Waals surface area contributed by atoms with E-state index in [1.165, 1.54) is 7.11 Å². The van der Waals surface area contributed by atoms with Crippen LogP contribution < -0.4 is 4.74 Å². The van der Waals surface area contributed by atoms with Crippen molar-refractivity contribution in [3.8, 4) is 5.75 Å². The van der Waals surface area contributed by atoms with Crippen LogP contribution in [0.1, 0.15) is 22.8 Å². The Morgan fingerprint density at radius 3 is 2.69 bits per heavy atom. The molecular weight excluding hydrogens is 168 g/mol. The minimum absolute atomic E-state index is 0.321. The van der Waals surface area contributed by atoms with Crippen LogP contribution in [0, 0.1) is 0 Å². The summed E-state index contributed by atoms with van der Waals surface area (Å²) in [6.07, 6.45) is 0.714. The number of carbonyl (C=O) groups is 1. The van der Waals surface area contributed by atoms with Gasteiger partial charge in [0.05, 0.1) is 12.7 Å². The molecule has 0 heterocycles. The van der Waals surface area contributed by atoms with Crippen molar-refractivity contribution in [2.75, 3.05) is 7.11 Å². The highest BCUT2D eigenvalue weighted by molar-refractivity contribution is 5.89. The summed E-state index contributed by atoms with van der Waals surface area (Å²) >= 11 is 0. The van der Waals surface area contributed by atoms with Crippen molar-refractivity contribution in [2.45, 2.75) is 13.3 Å². The Morgan fingerprint density at radius 2 is 2.23 bits per heavy atom. The molecule has 0 aromatic heterocycles. The van der Waals surface area contributed by atoms with Crippen molar-refractivity contribution >= 4 is 5.97 Å². The highest BCUT2D eigenvalue weighted by atomic mass is 16.5.